The van der Waals surface area contributed by atoms with E-state index >= 15 is 0 Å². The van der Waals surface area contributed by atoms with Crippen molar-refractivity contribution in [2.24, 2.45) is 0 Å². The molecular formula is C33H63NO5. The topological polar surface area (TPSA) is 110 Å². The van der Waals surface area contributed by atoms with Crippen LogP contribution in [0, 0.1) is 0 Å². The van der Waals surface area contributed by atoms with Gasteiger partial charge in [0.2, 0.25) is 5.91 Å². The number of hydrogen-bond acceptors (Lipinski definition) is 5. The van der Waals surface area contributed by atoms with Crippen molar-refractivity contribution < 1.29 is 25.2 Å². The quantitative estimate of drug-likeness (QED) is 0.0535. The lowest BCUT2D eigenvalue weighted by molar-refractivity contribution is -0.132. The lowest BCUT2D eigenvalue weighted by Gasteiger charge is -2.27. The van der Waals surface area contributed by atoms with E-state index in [1.165, 1.54) is 70.6 Å². The molecule has 0 radical (unpaired) electrons. The van der Waals surface area contributed by atoms with Crippen molar-refractivity contribution >= 4 is 5.91 Å². The van der Waals surface area contributed by atoms with Crippen LogP contribution in [0.25, 0.3) is 0 Å². The van der Waals surface area contributed by atoms with Crippen LogP contribution in [-0.2, 0) is 4.79 Å². The summed E-state index contributed by atoms with van der Waals surface area (Å²) in [6.07, 6.45) is 27.7. The Labute approximate surface area is 240 Å². The molecule has 0 fully saturated rings. The van der Waals surface area contributed by atoms with Crippen LogP contribution >= 0.6 is 0 Å². The van der Waals surface area contributed by atoms with Crippen molar-refractivity contribution in [2.75, 3.05) is 6.61 Å². The molecule has 39 heavy (non-hydrogen) atoms. The van der Waals surface area contributed by atoms with Crippen molar-refractivity contribution in [3.05, 3.63) is 24.3 Å². The van der Waals surface area contributed by atoms with Crippen molar-refractivity contribution in [3.8, 4) is 0 Å². The lowest BCUT2D eigenvalue weighted by Crippen LogP contribution is -2.53. The first-order valence-corrected chi connectivity index (χ1v) is 16.2. The summed E-state index contributed by atoms with van der Waals surface area (Å²) in [7, 11) is 0. The van der Waals surface area contributed by atoms with Crippen molar-refractivity contribution in [2.45, 2.75) is 173 Å². The van der Waals surface area contributed by atoms with E-state index < -0.39 is 36.9 Å². The van der Waals surface area contributed by atoms with Crippen LogP contribution in [0.1, 0.15) is 149 Å². The molecule has 4 unspecified atom stereocenters. The Bertz CT molecular complexity index is 595. The van der Waals surface area contributed by atoms with Gasteiger partial charge in [0.15, 0.2) is 0 Å². The van der Waals surface area contributed by atoms with Gasteiger partial charge in [0.1, 0.15) is 12.2 Å². The maximum absolute atomic E-state index is 12.3. The van der Waals surface area contributed by atoms with E-state index in [1.54, 1.807) is 0 Å². The second kappa shape index (κ2) is 28.3. The zero-order chi connectivity index (χ0) is 29.0. The Morgan fingerprint density at radius 2 is 1.08 bits per heavy atom. The standard InChI is InChI=1S/C33H63NO5/c1-3-5-7-9-11-13-15-17-18-20-22-24-26-30(36)32(38)29(28-35)34-33(39)31(37)27-25-23-21-19-16-14-12-10-8-6-4-2/h11,13,18,20,29-32,35-38H,3-10,12,14-17,19,21-28H2,1-2H3,(H,34,39)/b13-11+,20-18+. The SMILES string of the molecule is CCCCC/C=C/CC/C=C/CCCC(O)C(O)C(CO)NC(=O)C(O)CCCCCCCCCCCCC. The van der Waals surface area contributed by atoms with E-state index in [4.69, 9.17) is 0 Å². The highest BCUT2D eigenvalue weighted by Gasteiger charge is 2.28. The second-order valence-corrected chi connectivity index (χ2v) is 11.1. The maximum atomic E-state index is 12.3. The molecule has 4 atom stereocenters. The lowest BCUT2D eigenvalue weighted by atomic mass is 10.00. The first-order chi connectivity index (χ1) is 19.0. The highest BCUT2D eigenvalue weighted by Crippen LogP contribution is 2.14. The summed E-state index contributed by atoms with van der Waals surface area (Å²) in [5.74, 6) is -0.602. The van der Waals surface area contributed by atoms with Gasteiger partial charge in [-0.1, -0.05) is 122 Å². The van der Waals surface area contributed by atoms with E-state index in [0.717, 1.165) is 44.9 Å². The highest BCUT2D eigenvalue weighted by molar-refractivity contribution is 5.80. The molecule has 6 nitrogen and oxygen atoms in total. The predicted molar refractivity (Wildman–Crippen MR) is 164 cm³/mol. The van der Waals surface area contributed by atoms with E-state index in [1.807, 2.05) is 0 Å². The Kier molecular flexibility index (Phi) is 27.4. The number of aliphatic hydroxyl groups excluding tert-OH is 4. The molecule has 0 bridgehead atoms. The second-order valence-electron chi connectivity index (χ2n) is 11.1. The molecule has 0 saturated carbocycles. The number of hydrogen-bond donors (Lipinski definition) is 5. The number of unbranched alkanes of at least 4 members (excludes halogenated alkanes) is 15. The van der Waals surface area contributed by atoms with Crippen LogP contribution in [0.3, 0.4) is 0 Å². The first kappa shape index (κ1) is 37.8. The largest absolute Gasteiger partial charge is 0.394 e. The Balaban J connectivity index is 3.97. The van der Waals surface area contributed by atoms with E-state index in [-0.39, 0.29) is 0 Å². The molecule has 0 aliphatic rings. The van der Waals surface area contributed by atoms with Crippen molar-refractivity contribution in [1.82, 2.24) is 5.32 Å². The van der Waals surface area contributed by atoms with Gasteiger partial charge in [0, 0.05) is 0 Å². The number of amides is 1. The Hall–Kier alpha value is -1.21. The van der Waals surface area contributed by atoms with Crippen LogP contribution in [0.15, 0.2) is 24.3 Å². The summed E-state index contributed by atoms with van der Waals surface area (Å²) in [5, 5.41) is 43.1. The fraction of sp³-hybridized carbons (Fsp3) is 0.848. The minimum atomic E-state index is -1.28. The smallest absolute Gasteiger partial charge is 0.249 e. The van der Waals surface area contributed by atoms with Crippen LogP contribution in [-0.4, -0.2) is 57.3 Å². The molecule has 1 amide bonds. The van der Waals surface area contributed by atoms with Gasteiger partial charge >= 0.3 is 0 Å². The fourth-order valence-corrected chi connectivity index (χ4v) is 4.71. The maximum Gasteiger partial charge on any atom is 0.249 e. The van der Waals surface area contributed by atoms with Crippen molar-refractivity contribution in [3.63, 3.8) is 0 Å². The minimum absolute atomic E-state index is 0.362. The van der Waals surface area contributed by atoms with Gasteiger partial charge in [-0.25, -0.2) is 0 Å². The zero-order valence-corrected chi connectivity index (χ0v) is 25.4. The summed E-state index contributed by atoms with van der Waals surface area (Å²) in [4.78, 5) is 12.3. The predicted octanol–water partition coefficient (Wildman–Crippen LogP) is 6.89. The Morgan fingerprint density at radius 1 is 0.615 bits per heavy atom. The van der Waals surface area contributed by atoms with Crippen LogP contribution in [0.5, 0.6) is 0 Å². The van der Waals surface area contributed by atoms with E-state index in [0.29, 0.717) is 19.3 Å². The summed E-state index contributed by atoms with van der Waals surface area (Å²) in [5.41, 5.74) is 0. The molecule has 0 heterocycles. The number of carbonyl (C=O) groups excluding carboxylic acids is 1. The van der Waals surface area contributed by atoms with Gasteiger partial charge in [0.25, 0.3) is 0 Å². The fourth-order valence-electron chi connectivity index (χ4n) is 4.71. The average Bonchev–Trinajstić information content (AvgIpc) is 2.94. The minimum Gasteiger partial charge on any atom is -0.394 e. The number of aliphatic hydroxyl groups is 4. The van der Waals surface area contributed by atoms with Gasteiger partial charge in [-0.05, 0) is 51.4 Å². The van der Waals surface area contributed by atoms with Crippen LogP contribution in [0.4, 0.5) is 0 Å². The molecule has 230 valence electrons. The first-order valence-electron chi connectivity index (χ1n) is 16.2. The van der Waals surface area contributed by atoms with Gasteiger partial charge in [-0.3, -0.25) is 4.79 Å². The molecule has 0 aromatic heterocycles. The van der Waals surface area contributed by atoms with E-state index in [2.05, 4.69) is 43.5 Å². The third-order valence-corrected chi connectivity index (χ3v) is 7.39. The monoisotopic (exact) mass is 553 g/mol. The van der Waals surface area contributed by atoms with Crippen LogP contribution < -0.4 is 5.32 Å². The molecule has 0 aliphatic carbocycles. The normalized spacial score (nSPS) is 15.1. The molecule has 0 aliphatic heterocycles. The summed E-state index contributed by atoms with van der Waals surface area (Å²) >= 11 is 0. The molecule has 0 spiro atoms. The molecule has 5 N–H and O–H groups in total. The highest BCUT2D eigenvalue weighted by atomic mass is 16.3. The van der Waals surface area contributed by atoms with Gasteiger partial charge in [-0.2, -0.15) is 0 Å². The van der Waals surface area contributed by atoms with Gasteiger partial charge in [-0.15, -0.1) is 0 Å². The molecule has 0 aromatic carbocycles. The van der Waals surface area contributed by atoms with Crippen molar-refractivity contribution in [1.29, 1.82) is 0 Å². The Morgan fingerprint density at radius 3 is 1.62 bits per heavy atom. The summed E-state index contributed by atoms with van der Waals surface area (Å²) < 4.78 is 0. The van der Waals surface area contributed by atoms with Gasteiger partial charge in [0.05, 0.1) is 18.8 Å². The molecular weight excluding hydrogens is 490 g/mol. The molecule has 0 rings (SSSR count). The summed E-state index contributed by atoms with van der Waals surface area (Å²) in [6.45, 7) is 3.95. The number of allylic oxidation sites excluding steroid dienone is 4. The molecule has 0 saturated heterocycles. The van der Waals surface area contributed by atoms with E-state index in [9.17, 15) is 25.2 Å². The number of nitrogens with one attached hydrogen (secondary N) is 1. The number of carbonyl (C=O) groups is 1. The number of rotatable bonds is 28. The van der Waals surface area contributed by atoms with Gasteiger partial charge < -0.3 is 25.7 Å². The van der Waals surface area contributed by atoms with Crippen LogP contribution in [0.2, 0.25) is 0 Å². The third-order valence-electron chi connectivity index (χ3n) is 7.39. The zero-order valence-electron chi connectivity index (χ0n) is 25.4. The average molecular weight is 554 g/mol. The molecule has 6 heteroatoms. The molecule has 0 aromatic rings. The summed E-state index contributed by atoms with van der Waals surface area (Å²) in [6, 6.07) is -1.00. The third kappa shape index (κ3) is 23.2.